The molecule has 0 aliphatic carbocycles. The van der Waals surface area contributed by atoms with E-state index in [0.717, 1.165) is 0 Å². The zero-order valence-corrected chi connectivity index (χ0v) is 14.0. The fourth-order valence-electron chi connectivity index (χ4n) is 2.59. The molecule has 1 aliphatic rings. The van der Waals surface area contributed by atoms with Crippen molar-refractivity contribution in [1.82, 2.24) is 19.5 Å². The van der Waals surface area contributed by atoms with E-state index in [4.69, 9.17) is 19.7 Å². The molecule has 0 saturated carbocycles. The van der Waals surface area contributed by atoms with E-state index in [9.17, 15) is 9.36 Å². The van der Waals surface area contributed by atoms with Crippen molar-refractivity contribution in [2.24, 2.45) is 0 Å². The van der Waals surface area contributed by atoms with Crippen molar-refractivity contribution in [3.05, 3.63) is 16.7 Å². The maximum atomic E-state index is 11.8. The molecule has 3 rings (SSSR count). The number of rotatable bonds is 5. The highest BCUT2D eigenvalue weighted by Gasteiger charge is 2.38. The largest absolute Gasteiger partial charge is 0.382 e. The van der Waals surface area contributed by atoms with Crippen LogP contribution in [0.4, 0.5) is 5.95 Å². The van der Waals surface area contributed by atoms with Gasteiger partial charge in [-0.2, -0.15) is 4.98 Å². The van der Waals surface area contributed by atoms with Crippen LogP contribution in [0.25, 0.3) is 11.2 Å². The van der Waals surface area contributed by atoms with Crippen LogP contribution in [0.2, 0.25) is 0 Å². The summed E-state index contributed by atoms with van der Waals surface area (Å²) in [4.78, 5) is 22.3. The second-order valence-corrected chi connectivity index (χ2v) is 6.88. The van der Waals surface area contributed by atoms with Gasteiger partial charge < -0.3 is 19.7 Å². The van der Waals surface area contributed by atoms with Crippen molar-refractivity contribution in [2.75, 3.05) is 19.5 Å². The monoisotopic (exact) mass is 361 g/mol. The molecule has 0 spiro atoms. The van der Waals surface area contributed by atoms with Crippen molar-refractivity contribution in [1.29, 1.82) is 0 Å². The van der Waals surface area contributed by atoms with Crippen molar-refractivity contribution in [3.8, 4) is 0 Å². The molecular weight excluding hydrogens is 345 g/mol. The van der Waals surface area contributed by atoms with Crippen LogP contribution in [0, 0.1) is 0 Å². The first-order valence-corrected chi connectivity index (χ1v) is 9.36. The van der Waals surface area contributed by atoms with Crippen LogP contribution in [0.1, 0.15) is 12.6 Å². The Morgan fingerprint density at radius 3 is 3.13 bits per heavy atom. The highest BCUT2D eigenvalue weighted by atomic mass is 32.7. The van der Waals surface area contributed by atoms with Crippen LogP contribution in [0.15, 0.2) is 11.1 Å². The van der Waals surface area contributed by atoms with Gasteiger partial charge in [-0.15, -0.1) is 0 Å². The van der Waals surface area contributed by atoms with Gasteiger partial charge in [0.25, 0.3) is 5.56 Å². The zero-order valence-electron chi connectivity index (χ0n) is 12.1. The van der Waals surface area contributed by atoms with E-state index < -0.39 is 31.2 Å². The van der Waals surface area contributed by atoms with Crippen LogP contribution < -0.4 is 11.3 Å². The molecule has 126 valence electrons. The lowest BCUT2D eigenvalue weighted by Gasteiger charge is -2.16. The summed E-state index contributed by atoms with van der Waals surface area (Å²) in [7, 11) is -0.888. The minimum atomic E-state index is -2.42. The number of fused-ring (bicyclic) bond motifs is 1. The number of aromatic nitrogens is 4. The SMILES string of the molecule is COC[C@H]1O[C@@H](n2cnc3c(=O)[nH]c(N)nc32)C[C@@H]1O[PH](=O)S. The molecule has 1 aliphatic heterocycles. The molecule has 2 aromatic heterocycles. The topological polar surface area (TPSA) is 134 Å². The number of H-pyrrole nitrogens is 1. The number of hydrogen-bond donors (Lipinski definition) is 3. The number of nitrogens with zero attached hydrogens (tertiary/aromatic N) is 3. The maximum Gasteiger partial charge on any atom is 0.280 e. The Balaban J connectivity index is 1.93. The average Bonchev–Trinajstić information content (AvgIpc) is 3.03. The number of anilines is 1. The summed E-state index contributed by atoms with van der Waals surface area (Å²) in [6.07, 6.45) is 0.495. The molecule has 2 aromatic rings. The lowest BCUT2D eigenvalue weighted by Crippen LogP contribution is -2.26. The minimum Gasteiger partial charge on any atom is -0.382 e. The van der Waals surface area contributed by atoms with Crippen LogP contribution in [0.5, 0.6) is 0 Å². The third kappa shape index (κ3) is 3.29. The van der Waals surface area contributed by atoms with Crippen LogP contribution in [-0.4, -0.2) is 45.4 Å². The third-order valence-electron chi connectivity index (χ3n) is 3.52. The molecule has 10 nitrogen and oxygen atoms in total. The number of nitrogens with one attached hydrogen (secondary N) is 1. The molecule has 0 radical (unpaired) electrons. The van der Waals surface area contributed by atoms with E-state index in [2.05, 4.69) is 27.2 Å². The summed E-state index contributed by atoms with van der Waals surface area (Å²) in [5, 5.41) is 0. The highest BCUT2D eigenvalue weighted by Crippen LogP contribution is 2.39. The fourth-order valence-corrected chi connectivity index (χ4v) is 3.51. The number of hydrogen-bond acceptors (Lipinski definition) is 8. The summed E-state index contributed by atoms with van der Waals surface area (Å²) in [6.45, 7) is 0.271. The first-order chi connectivity index (χ1) is 11.0. The Bertz CT molecular complexity index is 795. The predicted molar refractivity (Wildman–Crippen MR) is 85.8 cm³/mol. The molecule has 23 heavy (non-hydrogen) atoms. The van der Waals surface area contributed by atoms with E-state index in [0.29, 0.717) is 12.1 Å². The smallest absolute Gasteiger partial charge is 0.280 e. The molecule has 3 N–H and O–H groups in total. The van der Waals surface area contributed by atoms with Crippen molar-refractivity contribution in [3.63, 3.8) is 0 Å². The van der Waals surface area contributed by atoms with Gasteiger partial charge in [0.1, 0.15) is 12.3 Å². The van der Waals surface area contributed by atoms with Crippen molar-refractivity contribution >= 4 is 36.6 Å². The number of imidazole rings is 1. The second-order valence-electron chi connectivity index (χ2n) is 5.02. The molecule has 0 aromatic carbocycles. The number of methoxy groups -OCH3 is 1. The standard InChI is InChI=1S/C11H16N5O5PS/c1-19-3-6-5(21-22(18)23)2-7(20-6)16-4-13-8-9(16)14-11(12)15-10(8)17/h4-7,22H,2-3H2,1H3,(H,18,23)(H3,12,14,15,17)/t5-,6+,7+/m0/s1. The fraction of sp³-hybridized carbons (Fsp3) is 0.545. The number of aromatic amines is 1. The summed E-state index contributed by atoms with van der Waals surface area (Å²) in [5.74, 6) is -0.0103. The van der Waals surface area contributed by atoms with Gasteiger partial charge in [0.15, 0.2) is 11.2 Å². The van der Waals surface area contributed by atoms with Gasteiger partial charge in [0.05, 0.1) is 19.0 Å². The molecule has 12 heteroatoms. The molecule has 0 amide bonds. The van der Waals surface area contributed by atoms with Crippen molar-refractivity contribution in [2.45, 2.75) is 24.9 Å². The Morgan fingerprint density at radius 2 is 2.43 bits per heavy atom. The highest BCUT2D eigenvalue weighted by molar-refractivity contribution is 8.39. The first-order valence-electron chi connectivity index (χ1n) is 6.76. The average molecular weight is 361 g/mol. The van der Waals surface area contributed by atoms with E-state index in [-0.39, 0.29) is 18.1 Å². The number of thiol groups is 1. The Morgan fingerprint density at radius 1 is 1.65 bits per heavy atom. The van der Waals surface area contributed by atoms with Crippen LogP contribution >= 0.6 is 19.5 Å². The lowest BCUT2D eigenvalue weighted by molar-refractivity contribution is -0.0472. The molecule has 1 unspecified atom stereocenters. The van der Waals surface area contributed by atoms with E-state index in [1.54, 1.807) is 4.57 Å². The molecule has 3 heterocycles. The van der Waals surface area contributed by atoms with Gasteiger partial charge in [-0.05, 0) is 0 Å². The molecule has 1 fully saturated rings. The van der Waals surface area contributed by atoms with Gasteiger partial charge in [-0.3, -0.25) is 18.9 Å². The molecular formula is C11H16N5O5PS. The number of nitrogen functional groups attached to an aromatic ring is 1. The Kier molecular flexibility index (Phi) is 4.74. The van der Waals surface area contributed by atoms with Gasteiger partial charge in [-0.1, -0.05) is 12.2 Å². The van der Waals surface area contributed by atoms with Crippen molar-refractivity contribution < 1.29 is 18.6 Å². The second kappa shape index (κ2) is 6.62. The van der Waals surface area contributed by atoms with E-state index in [1.165, 1.54) is 13.4 Å². The maximum absolute atomic E-state index is 11.8. The number of ether oxygens (including phenoxy) is 2. The summed E-state index contributed by atoms with van der Waals surface area (Å²) in [5.41, 5.74) is 5.63. The van der Waals surface area contributed by atoms with Gasteiger partial charge in [0.2, 0.25) is 13.2 Å². The van der Waals surface area contributed by atoms with E-state index in [1.807, 2.05) is 0 Å². The van der Waals surface area contributed by atoms with Gasteiger partial charge >= 0.3 is 0 Å². The third-order valence-corrected chi connectivity index (χ3v) is 4.35. The summed E-state index contributed by atoms with van der Waals surface area (Å²) in [6, 6.07) is 0. The predicted octanol–water partition coefficient (Wildman–Crippen LogP) is 0.340. The van der Waals surface area contributed by atoms with Crippen LogP contribution in [-0.2, 0) is 18.6 Å². The van der Waals surface area contributed by atoms with Gasteiger partial charge in [-0.25, -0.2) is 4.98 Å². The normalized spacial score (nSPS) is 25.9. The number of nitrogens with two attached hydrogens (primary N) is 1. The summed E-state index contributed by atoms with van der Waals surface area (Å²) >= 11 is 3.81. The minimum absolute atomic E-state index is 0.0103. The van der Waals surface area contributed by atoms with Crippen LogP contribution in [0.3, 0.4) is 0 Å². The Labute approximate surface area is 136 Å². The van der Waals surface area contributed by atoms with Gasteiger partial charge in [0, 0.05) is 13.5 Å². The quantitative estimate of drug-likeness (QED) is 0.513. The first kappa shape index (κ1) is 16.5. The molecule has 0 bridgehead atoms. The molecule has 4 atom stereocenters. The lowest BCUT2D eigenvalue weighted by atomic mass is 10.2. The Hall–Kier alpha value is -1.39. The van der Waals surface area contributed by atoms with E-state index >= 15 is 0 Å². The molecule has 1 saturated heterocycles. The zero-order chi connectivity index (χ0) is 16.6. The summed E-state index contributed by atoms with van der Waals surface area (Å²) < 4.78 is 29.2.